The Kier molecular flexibility index (Phi) is 8.69. The minimum Gasteiger partial charge on any atom is -0.0622 e. The minimum atomic E-state index is 1.17. The number of hydrogen-bond acceptors (Lipinski definition) is 0. The van der Waals surface area contributed by atoms with Gasteiger partial charge in [-0.05, 0) is 215 Å². The molecule has 0 aliphatic carbocycles. The molecule has 0 atom stereocenters. The zero-order valence-electron chi connectivity index (χ0n) is 37.2. The van der Waals surface area contributed by atoms with Crippen LogP contribution in [0.5, 0.6) is 0 Å². The van der Waals surface area contributed by atoms with Crippen molar-refractivity contribution in [3.8, 4) is 77.9 Å². The maximum Gasteiger partial charge on any atom is -0.00264 e. The molecule has 0 nitrogen and oxygen atoms in total. The van der Waals surface area contributed by atoms with Gasteiger partial charge in [0, 0.05) is 0 Å². The predicted molar refractivity (Wildman–Crippen MR) is 292 cm³/mol. The molecule has 0 heterocycles. The molecule has 0 aliphatic rings. The first-order chi connectivity index (χ1) is 33.6. The lowest BCUT2D eigenvalue weighted by atomic mass is 9.87. The van der Waals surface area contributed by atoms with Gasteiger partial charge in [-0.25, -0.2) is 0 Å². The Bertz CT molecular complexity index is 3840. The molecule has 0 saturated carbocycles. The first kappa shape index (κ1) is 38.4. The lowest BCUT2D eigenvalue weighted by Gasteiger charge is -2.17. The van der Waals surface area contributed by atoms with Gasteiger partial charge in [0.2, 0.25) is 0 Å². The van der Waals surface area contributed by atoms with Crippen LogP contribution in [0.15, 0.2) is 255 Å². The van der Waals surface area contributed by atoms with Gasteiger partial charge in [0.1, 0.15) is 0 Å². The van der Waals surface area contributed by atoms with E-state index in [0.29, 0.717) is 0 Å². The van der Waals surface area contributed by atoms with Crippen molar-refractivity contribution in [2.24, 2.45) is 0 Å². The van der Waals surface area contributed by atoms with Gasteiger partial charge in [-0.2, -0.15) is 0 Å². The van der Waals surface area contributed by atoms with Crippen LogP contribution in [0.2, 0.25) is 0 Å². The van der Waals surface area contributed by atoms with Crippen LogP contribution in [0.4, 0.5) is 0 Å². The smallest absolute Gasteiger partial charge is 0.00264 e. The summed E-state index contributed by atoms with van der Waals surface area (Å²) in [7, 11) is 0. The number of benzene rings is 14. The van der Waals surface area contributed by atoms with Gasteiger partial charge in [-0.3, -0.25) is 0 Å². The van der Waals surface area contributed by atoms with E-state index >= 15 is 0 Å². The van der Waals surface area contributed by atoms with E-state index in [1.54, 1.807) is 0 Å². The highest BCUT2D eigenvalue weighted by Crippen LogP contribution is 2.43. The van der Waals surface area contributed by atoms with E-state index in [4.69, 9.17) is 0 Å². The van der Waals surface area contributed by atoms with Crippen molar-refractivity contribution in [2.45, 2.75) is 0 Å². The molecule has 0 spiro atoms. The molecule has 314 valence electrons. The highest BCUT2D eigenvalue weighted by Gasteiger charge is 2.17. The summed E-state index contributed by atoms with van der Waals surface area (Å²) in [5.74, 6) is 0. The molecule has 14 aromatic carbocycles. The summed E-state index contributed by atoms with van der Waals surface area (Å²) in [6.45, 7) is 0. The van der Waals surface area contributed by atoms with Gasteiger partial charge in [0.05, 0.1) is 0 Å². The minimum absolute atomic E-state index is 1.17. The van der Waals surface area contributed by atoms with Crippen molar-refractivity contribution >= 4 is 64.6 Å². The number of rotatable bonds is 7. The topological polar surface area (TPSA) is 0 Å². The van der Waals surface area contributed by atoms with Crippen LogP contribution in [0.25, 0.3) is 143 Å². The van der Waals surface area contributed by atoms with Crippen LogP contribution < -0.4 is 0 Å². The van der Waals surface area contributed by atoms with E-state index in [0.717, 1.165) is 0 Å². The van der Waals surface area contributed by atoms with Gasteiger partial charge in [-0.15, -0.1) is 0 Å². The second kappa shape index (κ2) is 15.4. The van der Waals surface area contributed by atoms with E-state index < -0.39 is 0 Å². The third kappa shape index (κ3) is 6.45. The Morgan fingerprint density at radius 3 is 0.647 bits per heavy atom. The summed E-state index contributed by atoms with van der Waals surface area (Å²) in [5, 5.41) is 15.5. The van der Waals surface area contributed by atoms with Gasteiger partial charge in [-0.1, -0.05) is 182 Å². The van der Waals surface area contributed by atoms with Crippen molar-refractivity contribution in [2.75, 3.05) is 0 Å². The molecule has 14 rings (SSSR count). The number of hydrogen-bond donors (Lipinski definition) is 0. The Labute approximate surface area is 395 Å². The monoisotopic (exact) mass is 858 g/mol. The Balaban J connectivity index is 1.01. The molecule has 0 unspecified atom stereocenters. The Hall–Kier alpha value is -8.84. The molecule has 0 N–H and O–H groups in total. The summed E-state index contributed by atoms with van der Waals surface area (Å²) in [5.41, 5.74) is 16.7. The van der Waals surface area contributed by atoms with Crippen molar-refractivity contribution in [3.63, 3.8) is 0 Å². The van der Waals surface area contributed by atoms with Gasteiger partial charge >= 0.3 is 0 Å². The molecule has 0 radical (unpaired) electrons. The Morgan fingerprint density at radius 1 is 0.118 bits per heavy atom. The average Bonchev–Trinajstić information content (AvgIpc) is 3.42. The Morgan fingerprint density at radius 2 is 0.324 bits per heavy atom. The lowest BCUT2D eigenvalue weighted by molar-refractivity contribution is 1.55. The van der Waals surface area contributed by atoms with Crippen molar-refractivity contribution in [1.29, 1.82) is 0 Å². The molecule has 0 saturated heterocycles. The summed E-state index contributed by atoms with van der Waals surface area (Å²) in [6, 6.07) is 95.1. The fraction of sp³-hybridized carbons (Fsp3) is 0. The molecule has 0 bridgehead atoms. The van der Waals surface area contributed by atoms with Crippen molar-refractivity contribution < 1.29 is 0 Å². The van der Waals surface area contributed by atoms with Crippen LogP contribution >= 0.6 is 0 Å². The second-order valence-corrected chi connectivity index (χ2v) is 18.5. The summed E-state index contributed by atoms with van der Waals surface area (Å²) < 4.78 is 0. The average molecular weight is 859 g/mol. The van der Waals surface area contributed by atoms with Crippen LogP contribution in [0.1, 0.15) is 0 Å². The molecular weight excluding hydrogens is 817 g/mol. The molecule has 68 heavy (non-hydrogen) atoms. The van der Waals surface area contributed by atoms with E-state index in [1.165, 1.54) is 143 Å². The second-order valence-electron chi connectivity index (χ2n) is 18.5. The molecule has 0 heteroatoms. The van der Waals surface area contributed by atoms with Gasteiger partial charge < -0.3 is 0 Å². The summed E-state index contributed by atoms with van der Waals surface area (Å²) in [6.07, 6.45) is 0. The maximum absolute atomic E-state index is 2.42. The molecule has 0 aromatic heterocycles. The zero-order valence-corrected chi connectivity index (χ0v) is 37.2. The fourth-order valence-electron chi connectivity index (χ4n) is 11.1. The third-order valence-corrected chi connectivity index (χ3v) is 14.4. The van der Waals surface area contributed by atoms with E-state index in [2.05, 4.69) is 255 Å². The van der Waals surface area contributed by atoms with Gasteiger partial charge in [0.25, 0.3) is 0 Å². The summed E-state index contributed by atoms with van der Waals surface area (Å²) in [4.78, 5) is 0. The zero-order chi connectivity index (χ0) is 44.7. The largest absolute Gasteiger partial charge is 0.0622 e. The van der Waals surface area contributed by atoms with E-state index in [1.807, 2.05) is 0 Å². The maximum atomic E-state index is 2.42. The van der Waals surface area contributed by atoms with Gasteiger partial charge in [0.15, 0.2) is 0 Å². The quantitative estimate of drug-likeness (QED) is 0.140. The van der Waals surface area contributed by atoms with Crippen LogP contribution in [0, 0.1) is 0 Å². The highest BCUT2D eigenvalue weighted by atomic mass is 14.2. The molecule has 14 aromatic rings. The van der Waals surface area contributed by atoms with E-state index in [-0.39, 0.29) is 0 Å². The third-order valence-electron chi connectivity index (χ3n) is 14.4. The van der Waals surface area contributed by atoms with Crippen LogP contribution in [-0.2, 0) is 0 Å². The fourth-order valence-corrected chi connectivity index (χ4v) is 11.1. The van der Waals surface area contributed by atoms with Crippen molar-refractivity contribution in [3.05, 3.63) is 255 Å². The van der Waals surface area contributed by atoms with Crippen molar-refractivity contribution in [1.82, 2.24) is 0 Å². The molecule has 0 fully saturated rings. The van der Waals surface area contributed by atoms with Crippen LogP contribution in [-0.4, -0.2) is 0 Å². The normalized spacial score (nSPS) is 11.8. The lowest BCUT2D eigenvalue weighted by Crippen LogP contribution is -1.91. The molecular formula is C68H42. The predicted octanol–water partition coefficient (Wildman–Crippen LogP) is 19.2. The first-order valence-corrected chi connectivity index (χ1v) is 23.6. The standard InChI is InChI=1S/C68H42/c1-3-11-43(12-4-1)49-19-9-21-51(31-49)57-37-58(52-22-10-20-50(32-52)44-13-5-2-6-14-44)39-61(38-57)64-41-62(59-33-53-27-23-45-15-7-16-46-24-28-54(34-59)67(53)65(45)46)40-63(42-64)60-35-55-29-25-47-17-8-18-48-26-30-56(36-60)68(55)66(47)48/h1-42H. The summed E-state index contributed by atoms with van der Waals surface area (Å²) >= 11 is 0. The SMILES string of the molecule is c1ccc(-c2cccc(-c3cc(-c4cccc(-c5ccccc5)c4)cc(-c4cc(-c5cc6ccc7cccc8ccc(c5)c6c78)cc(-c5cc6ccc7cccc8ccc(c5)c6c78)c4)c3)c2)cc1. The molecule has 0 amide bonds. The first-order valence-electron chi connectivity index (χ1n) is 23.6. The van der Waals surface area contributed by atoms with E-state index in [9.17, 15) is 0 Å². The van der Waals surface area contributed by atoms with Crippen LogP contribution in [0.3, 0.4) is 0 Å². The highest BCUT2D eigenvalue weighted by molar-refractivity contribution is 6.25. The molecule has 0 aliphatic heterocycles.